The summed E-state index contributed by atoms with van der Waals surface area (Å²) in [6.07, 6.45) is 1.64. The van der Waals surface area contributed by atoms with Crippen molar-refractivity contribution in [3.63, 3.8) is 0 Å². The first-order chi connectivity index (χ1) is 13.9. The van der Waals surface area contributed by atoms with Crippen LogP contribution in [0.3, 0.4) is 0 Å². The first-order valence-electron chi connectivity index (χ1n) is 9.57. The van der Waals surface area contributed by atoms with E-state index in [4.69, 9.17) is 4.42 Å². The average molecular weight is 393 g/mol. The van der Waals surface area contributed by atoms with E-state index in [2.05, 4.69) is 10.3 Å². The van der Waals surface area contributed by atoms with Gasteiger partial charge in [0.2, 0.25) is 0 Å². The summed E-state index contributed by atoms with van der Waals surface area (Å²) in [6, 6.07) is 9.60. The van der Waals surface area contributed by atoms with Crippen molar-refractivity contribution in [3.8, 4) is 5.69 Å². The van der Waals surface area contributed by atoms with Gasteiger partial charge in [-0.1, -0.05) is 22.9 Å². The van der Waals surface area contributed by atoms with E-state index in [0.717, 1.165) is 17.0 Å². The van der Waals surface area contributed by atoms with Gasteiger partial charge < -0.3 is 14.2 Å². The molecule has 8 nitrogen and oxygen atoms in total. The Morgan fingerprint density at radius 1 is 0.931 bits per heavy atom. The van der Waals surface area contributed by atoms with Crippen LogP contribution in [0.15, 0.2) is 40.9 Å². The molecule has 1 aromatic carbocycles. The number of aromatic nitrogens is 3. The summed E-state index contributed by atoms with van der Waals surface area (Å²) in [5, 5.41) is 8.11. The second-order valence-corrected chi connectivity index (χ2v) is 7.30. The van der Waals surface area contributed by atoms with Crippen molar-refractivity contribution >= 4 is 11.8 Å². The predicted octanol–water partition coefficient (Wildman–Crippen LogP) is 2.38. The zero-order valence-electron chi connectivity index (χ0n) is 16.8. The lowest BCUT2D eigenvalue weighted by Gasteiger charge is -2.34. The molecule has 1 fully saturated rings. The Kier molecular flexibility index (Phi) is 4.92. The minimum atomic E-state index is -0.175. The van der Waals surface area contributed by atoms with Crippen LogP contribution in [-0.4, -0.2) is 62.8 Å². The molecule has 4 rings (SSSR count). The van der Waals surface area contributed by atoms with Crippen LogP contribution in [0, 0.1) is 20.8 Å². The first-order valence-corrected chi connectivity index (χ1v) is 9.57. The molecule has 3 aromatic rings. The molecule has 0 saturated carbocycles. The smallest absolute Gasteiger partial charge is 0.276 e. The number of benzene rings is 1. The van der Waals surface area contributed by atoms with Crippen LogP contribution in [0.2, 0.25) is 0 Å². The zero-order chi connectivity index (χ0) is 20.5. The summed E-state index contributed by atoms with van der Waals surface area (Å²) in [5.74, 6) is 1.11. The maximum atomic E-state index is 12.8. The van der Waals surface area contributed by atoms with Crippen molar-refractivity contribution in [1.29, 1.82) is 0 Å². The van der Waals surface area contributed by atoms with E-state index in [1.54, 1.807) is 33.7 Å². The largest absolute Gasteiger partial charge is 0.466 e. The average Bonchev–Trinajstić information content (AvgIpc) is 3.34. The molecular weight excluding hydrogens is 370 g/mol. The van der Waals surface area contributed by atoms with Crippen molar-refractivity contribution in [2.45, 2.75) is 20.8 Å². The minimum Gasteiger partial charge on any atom is -0.466 e. The maximum Gasteiger partial charge on any atom is 0.276 e. The number of carbonyl (C=O) groups is 2. The predicted molar refractivity (Wildman–Crippen MR) is 106 cm³/mol. The number of amides is 2. The quantitative estimate of drug-likeness (QED) is 0.682. The molecule has 1 aliphatic rings. The maximum absolute atomic E-state index is 12.8. The molecule has 0 radical (unpaired) electrons. The van der Waals surface area contributed by atoms with E-state index >= 15 is 0 Å². The van der Waals surface area contributed by atoms with Gasteiger partial charge in [-0.05, 0) is 39.0 Å². The van der Waals surface area contributed by atoms with Crippen LogP contribution in [0.4, 0.5) is 0 Å². The number of piperazine rings is 1. The monoisotopic (exact) mass is 393 g/mol. The van der Waals surface area contributed by atoms with Crippen LogP contribution in [-0.2, 0) is 0 Å². The van der Waals surface area contributed by atoms with Crippen molar-refractivity contribution in [2.75, 3.05) is 26.2 Å². The molecule has 0 unspecified atom stereocenters. The lowest BCUT2D eigenvalue weighted by Crippen LogP contribution is -2.50. The normalized spacial score (nSPS) is 14.3. The van der Waals surface area contributed by atoms with Gasteiger partial charge in [0.15, 0.2) is 5.69 Å². The summed E-state index contributed by atoms with van der Waals surface area (Å²) < 4.78 is 7.05. The third-order valence-corrected chi connectivity index (χ3v) is 5.14. The Balaban J connectivity index is 1.40. The van der Waals surface area contributed by atoms with Crippen LogP contribution in [0.25, 0.3) is 5.69 Å². The van der Waals surface area contributed by atoms with Gasteiger partial charge in [0, 0.05) is 26.2 Å². The number of rotatable bonds is 3. The van der Waals surface area contributed by atoms with E-state index in [0.29, 0.717) is 43.2 Å². The Hall–Kier alpha value is -3.42. The van der Waals surface area contributed by atoms with Gasteiger partial charge in [-0.25, -0.2) is 4.68 Å². The SMILES string of the molecule is Cc1ccc(-n2cc(C(=O)N3CCN(C(=O)c4cc(C)oc4C)CC3)nn2)cc1. The van der Waals surface area contributed by atoms with Gasteiger partial charge >= 0.3 is 0 Å². The fourth-order valence-electron chi connectivity index (χ4n) is 3.47. The summed E-state index contributed by atoms with van der Waals surface area (Å²) in [7, 11) is 0. The Bertz CT molecular complexity index is 1040. The van der Waals surface area contributed by atoms with Gasteiger partial charge in [0.1, 0.15) is 11.5 Å². The lowest BCUT2D eigenvalue weighted by molar-refractivity contribution is 0.0531. The van der Waals surface area contributed by atoms with E-state index < -0.39 is 0 Å². The van der Waals surface area contributed by atoms with Gasteiger partial charge in [0.05, 0.1) is 17.4 Å². The summed E-state index contributed by atoms with van der Waals surface area (Å²) in [5.41, 5.74) is 2.89. The van der Waals surface area contributed by atoms with Crippen molar-refractivity contribution in [3.05, 3.63) is 64.9 Å². The van der Waals surface area contributed by atoms with Gasteiger partial charge in [-0.3, -0.25) is 9.59 Å². The Labute approximate surface area is 168 Å². The van der Waals surface area contributed by atoms with E-state index in [1.807, 2.05) is 38.1 Å². The molecule has 0 aliphatic carbocycles. The molecule has 0 atom stereocenters. The minimum absolute atomic E-state index is 0.0586. The summed E-state index contributed by atoms with van der Waals surface area (Å²) >= 11 is 0. The van der Waals surface area contributed by atoms with Crippen LogP contribution in [0.5, 0.6) is 0 Å². The fourth-order valence-corrected chi connectivity index (χ4v) is 3.47. The molecule has 150 valence electrons. The molecule has 2 amide bonds. The number of hydrogen-bond donors (Lipinski definition) is 0. The van der Waals surface area contributed by atoms with E-state index in [1.165, 1.54) is 0 Å². The molecular formula is C21H23N5O3. The fraction of sp³-hybridized carbons (Fsp3) is 0.333. The molecule has 8 heteroatoms. The topological polar surface area (TPSA) is 84.5 Å². The second kappa shape index (κ2) is 7.54. The molecule has 3 heterocycles. The number of carbonyl (C=O) groups excluding carboxylic acids is 2. The highest BCUT2D eigenvalue weighted by molar-refractivity contribution is 5.96. The van der Waals surface area contributed by atoms with Gasteiger partial charge in [-0.15, -0.1) is 5.10 Å². The standard InChI is InChI=1S/C21H23N5O3/c1-14-4-6-17(7-5-14)26-13-19(22-23-26)21(28)25-10-8-24(9-11-25)20(27)18-12-15(2)29-16(18)3/h4-7,12-13H,8-11H2,1-3H3. The van der Waals surface area contributed by atoms with Crippen molar-refractivity contribution < 1.29 is 14.0 Å². The number of hydrogen-bond acceptors (Lipinski definition) is 5. The molecule has 29 heavy (non-hydrogen) atoms. The zero-order valence-corrected chi connectivity index (χ0v) is 16.8. The summed E-state index contributed by atoms with van der Waals surface area (Å²) in [6.45, 7) is 7.48. The van der Waals surface area contributed by atoms with Crippen LogP contribution < -0.4 is 0 Å². The van der Waals surface area contributed by atoms with E-state index in [9.17, 15) is 9.59 Å². The third kappa shape index (κ3) is 3.78. The Morgan fingerprint density at radius 2 is 1.55 bits per heavy atom. The van der Waals surface area contributed by atoms with Crippen LogP contribution in [0.1, 0.15) is 37.9 Å². The molecule has 0 N–H and O–H groups in total. The summed E-state index contributed by atoms with van der Waals surface area (Å²) in [4.78, 5) is 29.0. The van der Waals surface area contributed by atoms with Gasteiger partial charge in [-0.2, -0.15) is 0 Å². The third-order valence-electron chi connectivity index (χ3n) is 5.14. The molecule has 1 saturated heterocycles. The number of furan rings is 1. The van der Waals surface area contributed by atoms with Crippen LogP contribution >= 0.6 is 0 Å². The van der Waals surface area contributed by atoms with E-state index in [-0.39, 0.29) is 11.8 Å². The number of aryl methyl sites for hydroxylation is 3. The molecule has 0 spiro atoms. The molecule has 1 aliphatic heterocycles. The molecule has 2 aromatic heterocycles. The van der Waals surface area contributed by atoms with Gasteiger partial charge in [0.25, 0.3) is 11.8 Å². The highest BCUT2D eigenvalue weighted by Gasteiger charge is 2.28. The lowest BCUT2D eigenvalue weighted by atomic mass is 10.2. The highest BCUT2D eigenvalue weighted by atomic mass is 16.3. The Morgan fingerprint density at radius 3 is 2.14 bits per heavy atom. The van der Waals surface area contributed by atoms with Crippen molar-refractivity contribution in [1.82, 2.24) is 24.8 Å². The second-order valence-electron chi connectivity index (χ2n) is 7.30. The van der Waals surface area contributed by atoms with Crippen molar-refractivity contribution in [2.24, 2.45) is 0 Å². The first kappa shape index (κ1) is 18.9. The highest BCUT2D eigenvalue weighted by Crippen LogP contribution is 2.18. The molecule has 0 bridgehead atoms. The number of nitrogens with zero attached hydrogens (tertiary/aromatic N) is 5.